The number of thiophene rings is 1. The third-order valence-corrected chi connectivity index (χ3v) is 6.60. The lowest BCUT2D eigenvalue weighted by Crippen LogP contribution is -2.33. The Kier molecular flexibility index (Phi) is 6.96. The molecule has 0 spiro atoms. The number of aliphatic hydroxyl groups is 1. The summed E-state index contributed by atoms with van der Waals surface area (Å²) in [6.07, 6.45) is 6.20. The molecule has 168 valence electrons. The summed E-state index contributed by atoms with van der Waals surface area (Å²) in [5.41, 5.74) is 0.855. The Morgan fingerprint density at radius 3 is 2.84 bits per heavy atom. The SMILES string of the molecule is O=C1CC[C@H](/C=C/[C@@H](O)Cc2ccc(F)cc2)N1CCCc1ccc(-c2noc(=O)[nH]2)s1. The molecule has 1 saturated heterocycles. The summed E-state index contributed by atoms with van der Waals surface area (Å²) in [6, 6.07) is 9.94. The number of likely N-dealkylation sites (tertiary alicyclic amines) is 1. The van der Waals surface area contributed by atoms with E-state index in [1.165, 1.54) is 23.5 Å². The van der Waals surface area contributed by atoms with Gasteiger partial charge in [0.1, 0.15) is 5.82 Å². The largest absolute Gasteiger partial charge is 0.439 e. The number of hydrogen-bond acceptors (Lipinski definition) is 6. The van der Waals surface area contributed by atoms with Crippen LogP contribution in [0.2, 0.25) is 0 Å². The third kappa shape index (κ3) is 5.60. The summed E-state index contributed by atoms with van der Waals surface area (Å²) < 4.78 is 17.6. The molecule has 0 saturated carbocycles. The number of hydrogen-bond donors (Lipinski definition) is 2. The van der Waals surface area contributed by atoms with E-state index in [2.05, 4.69) is 14.7 Å². The van der Waals surface area contributed by atoms with Crippen molar-refractivity contribution in [3.63, 3.8) is 0 Å². The summed E-state index contributed by atoms with van der Waals surface area (Å²) in [4.78, 5) is 29.8. The Morgan fingerprint density at radius 2 is 2.09 bits per heavy atom. The van der Waals surface area contributed by atoms with Gasteiger partial charge >= 0.3 is 5.76 Å². The summed E-state index contributed by atoms with van der Waals surface area (Å²) in [5, 5.41) is 14.0. The van der Waals surface area contributed by atoms with Gasteiger partial charge in [0.05, 0.1) is 17.0 Å². The molecule has 7 nitrogen and oxygen atoms in total. The highest BCUT2D eigenvalue weighted by atomic mass is 32.1. The minimum atomic E-state index is -0.689. The van der Waals surface area contributed by atoms with Gasteiger partial charge in [0.25, 0.3) is 0 Å². The van der Waals surface area contributed by atoms with E-state index in [9.17, 15) is 19.1 Å². The Morgan fingerprint density at radius 1 is 1.28 bits per heavy atom. The first-order valence-electron chi connectivity index (χ1n) is 10.5. The van der Waals surface area contributed by atoms with Crippen molar-refractivity contribution >= 4 is 17.2 Å². The molecular weight excluding hydrogens is 433 g/mol. The number of amides is 1. The predicted molar refractivity (Wildman–Crippen MR) is 119 cm³/mol. The average Bonchev–Trinajstić information content (AvgIpc) is 3.50. The van der Waals surface area contributed by atoms with Crippen molar-refractivity contribution in [3.8, 4) is 10.7 Å². The first-order valence-corrected chi connectivity index (χ1v) is 11.3. The van der Waals surface area contributed by atoms with Crippen molar-refractivity contribution in [1.29, 1.82) is 0 Å². The van der Waals surface area contributed by atoms with Gasteiger partial charge in [0, 0.05) is 24.3 Å². The molecule has 0 bridgehead atoms. The quantitative estimate of drug-likeness (QED) is 0.480. The normalized spacial score (nSPS) is 17.5. The summed E-state index contributed by atoms with van der Waals surface area (Å²) in [6.45, 7) is 0.635. The molecule has 32 heavy (non-hydrogen) atoms. The van der Waals surface area contributed by atoms with E-state index in [0.29, 0.717) is 25.2 Å². The number of halogens is 1. The molecule has 1 aliphatic rings. The highest BCUT2D eigenvalue weighted by Crippen LogP contribution is 2.26. The van der Waals surface area contributed by atoms with Gasteiger partial charge in [-0.25, -0.2) is 9.18 Å². The zero-order valence-corrected chi connectivity index (χ0v) is 18.2. The molecule has 0 radical (unpaired) electrons. The number of carbonyl (C=O) groups excluding carboxylic acids is 1. The molecule has 9 heteroatoms. The molecular formula is C23H24FN3O4S. The van der Waals surface area contributed by atoms with Crippen LogP contribution in [0.3, 0.4) is 0 Å². The number of aromatic amines is 1. The second-order valence-corrected chi connectivity index (χ2v) is 8.96. The number of nitrogens with one attached hydrogen (secondary N) is 1. The van der Waals surface area contributed by atoms with E-state index in [0.717, 1.165) is 34.6 Å². The smallest absolute Gasteiger partial charge is 0.389 e. The second-order valence-electron chi connectivity index (χ2n) is 7.79. The first-order chi connectivity index (χ1) is 15.5. The van der Waals surface area contributed by atoms with Gasteiger partial charge in [-0.3, -0.25) is 14.3 Å². The molecule has 3 aromatic rings. The molecule has 2 aromatic heterocycles. The predicted octanol–water partition coefficient (Wildman–Crippen LogP) is 3.31. The van der Waals surface area contributed by atoms with E-state index in [1.54, 1.807) is 18.2 Å². The summed E-state index contributed by atoms with van der Waals surface area (Å²) in [7, 11) is 0. The van der Waals surface area contributed by atoms with Crippen LogP contribution in [0.1, 0.15) is 29.7 Å². The fourth-order valence-electron chi connectivity index (χ4n) is 3.83. The zero-order valence-electron chi connectivity index (χ0n) is 17.4. The van der Waals surface area contributed by atoms with Gasteiger partial charge in [0.2, 0.25) is 5.91 Å². The molecule has 0 aliphatic carbocycles. The average molecular weight is 458 g/mol. The molecule has 3 heterocycles. The maximum atomic E-state index is 13.0. The zero-order chi connectivity index (χ0) is 22.5. The van der Waals surface area contributed by atoms with Gasteiger partial charge in [0.15, 0.2) is 5.82 Å². The van der Waals surface area contributed by atoms with Crippen molar-refractivity contribution in [3.05, 3.63) is 75.4 Å². The number of rotatable bonds is 9. The topological polar surface area (TPSA) is 99.4 Å². The maximum absolute atomic E-state index is 13.0. The second kappa shape index (κ2) is 10.1. The lowest BCUT2D eigenvalue weighted by Gasteiger charge is -2.22. The molecule has 0 unspecified atom stereocenters. The van der Waals surface area contributed by atoms with Crippen LogP contribution >= 0.6 is 11.3 Å². The number of nitrogens with zero attached hydrogens (tertiary/aromatic N) is 2. The van der Waals surface area contributed by atoms with Gasteiger partial charge in [-0.2, -0.15) is 0 Å². The minimum absolute atomic E-state index is 0.0236. The lowest BCUT2D eigenvalue weighted by atomic mass is 10.1. The van der Waals surface area contributed by atoms with Crippen molar-refractivity contribution in [2.45, 2.75) is 44.2 Å². The number of aliphatic hydroxyl groups excluding tert-OH is 1. The van der Waals surface area contributed by atoms with E-state index in [-0.39, 0.29) is 17.8 Å². The number of aryl methyl sites for hydroxylation is 1. The molecule has 1 aliphatic heterocycles. The van der Waals surface area contributed by atoms with Gasteiger partial charge in [-0.05, 0) is 49.1 Å². The van der Waals surface area contributed by atoms with Crippen molar-refractivity contribution in [1.82, 2.24) is 15.0 Å². The molecule has 1 amide bonds. The van der Waals surface area contributed by atoms with E-state index in [4.69, 9.17) is 0 Å². The van der Waals surface area contributed by atoms with E-state index >= 15 is 0 Å². The molecule has 1 aromatic carbocycles. The first kappa shape index (κ1) is 22.2. The molecule has 2 atom stereocenters. The lowest BCUT2D eigenvalue weighted by molar-refractivity contribution is -0.128. The van der Waals surface area contributed by atoms with Crippen LogP contribution in [0, 0.1) is 5.82 Å². The highest BCUT2D eigenvalue weighted by molar-refractivity contribution is 7.15. The van der Waals surface area contributed by atoms with E-state index in [1.807, 2.05) is 23.1 Å². The summed E-state index contributed by atoms with van der Waals surface area (Å²) in [5.74, 6) is -0.333. The van der Waals surface area contributed by atoms with Crippen LogP contribution in [0.4, 0.5) is 4.39 Å². The maximum Gasteiger partial charge on any atom is 0.439 e. The van der Waals surface area contributed by atoms with Crippen LogP contribution in [-0.2, 0) is 17.6 Å². The number of carbonyl (C=O) groups is 1. The van der Waals surface area contributed by atoms with Crippen LogP contribution in [0.15, 0.2) is 57.9 Å². The number of H-pyrrole nitrogens is 1. The molecule has 4 rings (SSSR count). The van der Waals surface area contributed by atoms with Crippen LogP contribution in [-0.4, -0.2) is 44.7 Å². The minimum Gasteiger partial charge on any atom is -0.389 e. The monoisotopic (exact) mass is 457 g/mol. The fraction of sp³-hybridized carbons (Fsp3) is 0.348. The number of aromatic nitrogens is 2. The van der Waals surface area contributed by atoms with Crippen molar-refractivity contribution < 1.29 is 18.8 Å². The standard InChI is InChI=1S/C23H24FN3O4S/c24-16-5-3-15(4-6-16)14-18(28)9-7-17-8-12-21(29)27(17)13-1-2-19-10-11-20(32-19)22-25-23(30)31-26-22/h3-7,9-11,17-18,28H,1-2,8,12-14H2,(H,25,26,30)/b9-7+/t17-,18+/m0/s1. The third-order valence-electron chi connectivity index (χ3n) is 5.45. The summed E-state index contributed by atoms with van der Waals surface area (Å²) >= 11 is 1.53. The number of benzene rings is 1. The van der Waals surface area contributed by atoms with Gasteiger partial charge in [-0.15, -0.1) is 11.3 Å². The van der Waals surface area contributed by atoms with Crippen molar-refractivity contribution in [2.75, 3.05) is 6.54 Å². The highest BCUT2D eigenvalue weighted by Gasteiger charge is 2.28. The Balaban J connectivity index is 1.28. The fourth-order valence-corrected chi connectivity index (χ4v) is 4.82. The van der Waals surface area contributed by atoms with E-state index < -0.39 is 11.9 Å². The molecule has 1 fully saturated rings. The van der Waals surface area contributed by atoms with Crippen LogP contribution in [0.25, 0.3) is 10.7 Å². The van der Waals surface area contributed by atoms with Crippen molar-refractivity contribution in [2.24, 2.45) is 0 Å². The molecule has 2 N–H and O–H groups in total. The van der Waals surface area contributed by atoms with Crippen LogP contribution < -0.4 is 5.76 Å². The van der Waals surface area contributed by atoms with Gasteiger partial charge < -0.3 is 10.0 Å². The Labute approximate surface area is 188 Å². The Hall–Kier alpha value is -3.04. The van der Waals surface area contributed by atoms with Gasteiger partial charge in [-0.1, -0.05) is 29.4 Å². The van der Waals surface area contributed by atoms with Crippen LogP contribution in [0.5, 0.6) is 0 Å². The Bertz CT molecular complexity index is 1130.